The quantitative estimate of drug-likeness (QED) is 0.465. The largest absolute Gasteiger partial charge is 0.508 e. The highest BCUT2D eigenvalue weighted by atomic mass is 16.5. The summed E-state index contributed by atoms with van der Waals surface area (Å²) in [5.74, 6) is -0.585. The summed E-state index contributed by atoms with van der Waals surface area (Å²) in [6.45, 7) is -0.480. The number of aliphatic hydroxyl groups excluding tert-OH is 2. The molecule has 0 spiro atoms. The number of hydrogen-bond donors (Lipinski definition) is 5. The predicted octanol–water partition coefficient (Wildman–Crippen LogP) is 3.33. The van der Waals surface area contributed by atoms with Crippen LogP contribution in [-0.2, 0) is 11.3 Å². The molecule has 32 heavy (non-hydrogen) atoms. The molecule has 0 unspecified atom stereocenters. The van der Waals surface area contributed by atoms with E-state index >= 15 is 0 Å². The predicted molar refractivity (Wildman–Crippen MR) is 117 cm³/mol. The van der Waals surface area contributed by atoms with E-state index in [4.69, 9.17) is 9.47 Å². The van der Waals surface area contributed by atoms with Crippen LogP contribution < -0.4 is 4.74 Å². The van der Waals surface area contributed by atoms with Crippen LogP contribution >= 0.6 is 0 Å². The molecule has 1 saturated carbocycles. The molecule has 7 heteroatoms. The molecule has 0 aromatic heterocycles. The Hall–Kier alpha value is -2.74. The monoisotopic (exact) mass is 440 g/mol. The molecule has 7 nitrogen and oxygen atoms in total. The van der Waals surface area contributed by atoms with Gasteiger partial charge in [0.1, 0.15) is 5.75 Å². The van der Waals surface area contributed by atoms with E-state index in [2.05, 4.69) is 0 Å². The zero-order chi connectivity index (χ0) is 22.6. The maximum Gasteiger partial charge on any atom is 0.201 e. The molecule has 3 aliphatic rings. The van der Waals surface area contributed by atoms with E-state index in [1.54, 1.807) is 18.2 Å². The summed E-state index contributed by atoms with van der Waals surface area (Å²) in [5.41, 5.74) is 2.42. The van der Waals surface area contributed by atoms with E-state index in [0.29, 0.717) is 11.1 Å². The van der Waals surface area contributed by atoms with Gasteiger partial charge in [-0.2, -0.15) is 0 Å². The number of aromatic hydroxyl groups is 3. The maximum atomic E-state index is 11.3. The Morgan fingerprint density at radius 2 is 1.81 bits per heavy atom. The summed E-state index contributed by atoms with van der Waals surface area (Å²) >= 11 is 0. The van der Waals surface area contributed by atoms with E-state index < -0.39 is 30.3 Å². The van der Waals surface area contributed by atoms with Crippen molar-refractivity contribution in [2.24, 2.45) is 11.8 Å². The zero-order valence-corrected chi connectivity index (χ0v) is 17.8. The Labute approximate surface area is 186 Å². The number of hydrogen-bond acceptors (Lipinski definition) is 7. The van der Waals surface area contributed by atoms with Gasteiger partial charge in [0, 0.05) is 28.5 Å². The molecule has 170 valence electrons. The smallest absolute Gasteiger partial charge is 0.201 e. The van der Waals surface area contributed by atoms with Crippen molar-refractivity contribution in [3.05, 3.63) is 52.6 Å². The van der Waals surface area contributed by atoms with Crippen molar-refractivity contribution in [2.45, 2.75) is 50.1 Å². The SMILES string of the molecule is COc1c(O)c(O)c(CO)c2c1C=C[C@H]1[C@H](O)[C@H]3CC[C@@H](c4ccc(O)cc4)C[C@@H]3O[C@@H]21. The van der Waals surface area contributed by atoms with Crippen LogP contribution in [0.5, 0.6) is 23.0 Å². The van der Waals surface area contributed by atoms with E-state index in [0.717, 1.165) is 24.8 Å². The highest BCUT2D eigenvalue weighted by molar-refractivity contribution is 5.74. The van der Waals surface area contributed by atoms with Crippen LogP contribution in [0.3, 0.4) is 0 Å². The Kier molecular flexibility index (Phi) is 5.28. The first kappa shape index (κ1) is 21.1. The molecular weight excluding hydrogens is 412 g/mol. The van der Waals surface area contributed by atoms with Gasteiger partial charge in [-0.15, -0.1) is 0 Å². The Bertz CT molecular complexity index is 1050. The normalized spacial score (nSPS) is 30.8. The lowest BCUT2D eigenvalue weighted by Crippen LogP contribution is -2.50. The summed E-state index contributed by atoms with van der Waals surface area (Å²) < 4.78 is 11.9. The lowest BCUT2D eigenvalue weighted by molar-refractivity contribution is -0.178. The van der Waals surface area contributed by atoms with Crippen LogP contribution in [0.1, 0.15) is 53.5 Å². The molecule has 5 N–H and O–H groups in total. The third-order valence-electron chi connectivity index (χ3n) is 7.43. The van der Waals surface area contributed by atoms with Crippen molar-refractivity contribution in [1.82, 2.24) is 0 Å². The summed E-state index contributed by atoms with van der Waals surface area (Å²) in [7, 11) is 1.41. The van der Waals surface area contributed by atoms with Crippen molar-refractivity contribution in [2.75, 3.05) is 7.11 Å². The third-order valence-corrected chi connectivity index (χ3v) is 7.43. The van der Waals surface area contributed by atoms with Crippen molar-refractivity contribution in [3.63, 3.8) is 0 Å². The van der Waals surface area contributed by atoms with Crippen molar-refractivity contribution < 1.29 is 35.0 Å². The fourth-order valence-corrected chi connectivity index (χ4v) is 5.82. The van der Waals surface area contributed by atoms with Gasteiger partial charge in [-0.1, -0.05) is 24.3 Å². The van der Waals surface area contributed by atoms with Gasteiger partial charge in [-0.3, -0.25) is 0 Å². The molecule has 0 radical (unpaired) electrons. The average molecular weight is 440 g/mol. The van der Waals surface area contributed by atoms with Gasteiger partial charge < -0.3 is 35.0 Å². The minimum atomic E-state index is -0.627. The Morgan fingerprint density at radius 1 is 1.06 bits per heavy atom. The Morgan fingerprint density at radius 3 is 2.50 bits per heavy atom. The van der Waals surface area contributed by atoms with Crippen molar-refractivity contribution >= 4 is 6.08 Å². The minimum Gasteiger partial charge on any atom is -0.508 e. The van der Waals surface area contributed by atoms with Gasteiger partial charge in [-0.05, 0) is 42.9 Å². The lowest BCUT2D eigenvalue weighted by atomic mass is 9.67. The van der Waals surface area contributed by atoms with E-state index in [1.165, 1.54) is 7.11 Å². The summed E-state index contributed by atoms with van der Waals surface area (Å²) in [5, 5.41) is 51.7. The molecule has 2 aliphatic carbocycles. The first-order valence-electron chi connectivity index (χ1n) is 11.0. The molecule has 6 atom stereocenters. The van der Waals surface area contributed by atoms with E-state index in [1.807, 2.05) is 18.2 Å². The highest BCUT2D eigenvalue weighted by Gasteiger charge is 2.49. The minimum absolute atomic E-state index is 0.0130. The van der Waals surface area contributed by atoms with E-state index in [-0.39, 0.29) is 40.9 Å². The molecule has 5 rings (SSSR count). The zero-order valence-electron chi connectivity index (χ0n) is 17.8. The van der Waals surface area contributed by atoms with Crippen molar-refractivity contribution in [1.29, 1.82) is 0 Å². The van der Waals surface area contributed by atoms with Gasteiger partial charge in [0.25, 0.3) is 0 Å². The highest BCUT2D eigenvalue weighted by Crippen LogP contribution is 2.55. The number of aliphatic hydroxyl groups is 2. The molecule has 1 heterocycles. The summed E-state index contributed by atoms with van der Waals surface area (Å²) in [6, 6.07) is 7.23. The third kappa shape index (κ3) is 3.15. The Balaban J connectivity index is 1.52. The number of fused-ring (bicyclic) bond motifs is 4. The molecule has 0 bridgehead atoms. The number of rotatable bonds is 3. The van der Waals surface area contributed by atoms with Gasteiger partial charge in [0.05, 0.1) is 32.0 Å². The first-order valence-corrected chi connectivity index (χ1v) is 11.0. The maximum absolute atomic E-state index is 11.3. The van der Waals surface area contributed by atoms with Crippen LogP contribution in [0.15, 0.2) is 30.3 Å². The van der Waals surface area contributed by atoms with Crippen molar-refractivity contribution in [3.8, 4) is 23.0 Å². The second kappa shape index (κ2) is 7.99. The fourth-order valence-electron chi connectivity index (χ4n) is 5.82. The second-order valence-electron chi connectivity index (χ2n) is 8.98. The number of benzene rings is 2. The standard InChI is InChI=1S/C25H28O7/c1-31-25-16-8-9-17-21(28)15-7-4-13(12-2-5-14(27)6-3-12)10-19(15)32-24(17)20(16)18(11-26)22(29)23(25)30/h2-3,5-6,8-9,13,15,17,19,21,24,26-30H,4,7,10-11H2,1H3/t13-,15+,17+,19+,21-,24-/m1/s1. The van der Waals surface area contributed by atoms with Crippen LogP contribution in [0.2, 0.25) is 0 Å². The molecule has 2 fully saturated rings. The van der Waals surface area contributed by atoms with Gasteiger partial charge in [0.15, 0.2) is 11.5 Å². The molecule has 0 amide bonds. The topological polar surface area (TPSA) is 120 Å². The number of phenolic OH excluding ortho intramolecular Hbond substituents is 2. The molecule has 1 saturated heterocycles. The van der Waals surface area contributed by atoms with E-state index in [9.17, 15) is 25.5 Å². The van der Waals surface area contributed by atoms with Gasteiger partial charge in [0.2, 0.25) is 5.75 Å². The summed E-state index contributed by atoms with van der Waals surface area (Å²) in [4.78, 5) is 0. The molecule has 2 aromatic carbocycles. The second-order valence-corrected chi connectivity index (χ2v) is 8.98. The summed E-state index contributed by atoms with van der Waals surface area (Å²) in [6.07, 6.45) is 4.70. The van der Waals surface area contributed by atoms with Gasteiger partial charge >= 0.3 is 0 Å². The van der Waals surface area contributed by atoms with Gasteiger partial charge in [-0.25, -0.2) is 0 Å². The van der Waals surface area contributed by atoms with Crippen LogP contribution in [0.4, 0.5) is 0 Å². The van der Waals surface area contributed by atoms with Crippen LogP contribution in [0.25, 0.3) is 6.08 Å². The average Bonchev–Trinajstić information content (AvgIpc) is 2.80. The van der Waals surface area contributed by atoms with Crippen LogP contribution in [0, 0.1) is 11.8 Å². The first-order chi connectivity index (χ1) is 15.4. The number of phenols is 3. The molecule has 2 aromatic rings. The number of methoxy groups -OCH3 is 1. The fraction of sp³-hybridized carbons (Fsp3) is 0.440. The molecular formula is C25H28O7. The molecule has 1 aliphatic heterocycles. The number of ether oxygens (including phenoxy) is 2. The lowest BCUT2D eigenvalue weighted by Gasteiger charge is -2.49. The van der Waals surface area contributed by atoms with Crippen LogP contribution in [-0.4, -0.2) is 44.9 Å².